The smallest absolute Gasteiger partial charge is 0.169 e. The third-order valence-electron chi connectivity index (χ3n) is 6.04. The van der Waals surface area contributed by atoms with Crippen LogP contribution in [-0.4, -0.2) is 10.1 Å². The molecule has 0 aromatic heterocycles. The Labute approximate surface area is 135 Å². The predicted molar refractivity (Wildman–Crippen MR) is 88.8 cm³/mol. The van der Waals surface area contributed by atoms with Gasteiger partial charge in [0.05, 0.1) is 0 Å². The molecule has 0 aliphatic heterocycles. The molecule has 0 N–H and O–H groups in total. The number of carbonyl (C=O) groups is 1. The molecular formula is C19H23BrO. The van der Waals surface area contributed by atoms with E-state index >= 15 is 0 Å². The van der Waals surface area contributed by atoms with Crippen LogP contribution in [0.5, 0.6) is 0 Å². The number of hydrogen-bond acceptors (Lipinski definition) is 1. The Morgan fingerprint density at radius 2 is 1.48 bits per heavy atom. The van der Waals surface area contributed by atoms with Gasteiger partial charge in [-0.2, -0.15) is 0 Å². The molecule has 0 heterocycles. The van der Waals surface area contributed by atoms with Crippen molar-refractivity contribution in [3.63, 3.8) is 0 Å². The van der Waals surface area contributed by atoms with Crippen molar-refractivity contribution in [3.05, 3.63) is 35.9 Å². The third-order valence-corrected chi connectivity index (χ3v) is 6.89. The molecule has 5 rings (SSSR count). The van der Waals surface area contributed by atoms with Gasteiger partial charge in [-0.3, -0.25) is 4.79 Å². The fourth-order valence-corrected chi connectivity index (χ4v) is 8.58. The second-order valence-electron chi connectivity index (χ2n) is 8.81. The Morgan fingerprint density at radius 3 is 2.00 bits per heavy atom. The van der Waals surface area contributed by atoms with Gasteiger partial charge in [0.15, 0.2) is 5.78 Å². The molecule has 4 saturated carbocycles. The van der Waals surface area contributed by atoms with Gasteiger partial charge < -0.3 is 0 Å². The summed E-state index contributed by atoms with van der Waals surface area (Å²) in [4.78, 5) is 13.3. The van der Waals surface area contributed by atoms with Gasteiger partial charge in [-0.25, -0.2) is 0 Å². The van der Waals surface area contributed by atoms with Gasteiger partial charge in [-0.1, -0.05) is 60.1 Å². The lowest BCUT2D eigenvalue weighted by molar-refractivity contribution is -0.111. The van der Waals surface area contributed by atoms with Crippen LogP contribution >= 0.6 is 15.9 Å². The largest absolute Gasteiger partial charge is 0.294 e. The highest BCUT2D eigenvalue weighted by Gasteiger charge is 2.66. The number of halogens is 1. The van der Waals surface area contributed by atoms with Crippen molar-refractivity contribution < 1.29 is 4.79 Å². The molecule has 1 nitrogen and oxygen atoms in total. The van der Waals surface area contributed by atoms with E-state index in [2.05, 4.69) is 29.8 Å². The summed E-state index contributed by atoms with van der Waals surface area (Å²) in [5, 5.41) is 0. The van der Waals surface area contributed by atoms with Crippen molar-refractivity contribution in [2.24, 2.45) is 16.2 Å². The number of rotatable bonds is 2. The van der Waals surface area contributed by atoms with E-state index in [9.17, 15) is 4.79 Å². The van der Waals surface area contributed by atoms with Crippen LogP contribution < -0.4 is 0 Å². The minimum atomic E-state index is -0.136. The molecule has 2 unspecified atom stereocenters. The van der Waals surface area contributed by atoms with Crippen LogP contribution in [0.3, 0.4) is 0 Å². The monoisotopic (exact) mass is 346 g/mol. The topological polar surface area (TPSA) is 17.1 Å². The first-order valence-corrected chi connectivity index (χ1v) is 8.84. The standard InChI is InChI=1S/C19H23BrO/c1-16-8-17(2)10-18(9-16,13-19(20,11-16)12-17)15(21)14-6-4-3-5-7-14/h3-7H,8-13H2,1-2H3. The first-order chi connectivity index (χ1) is 9.76. The zero-order valence-electron chi connectivity index (χ0n) is 12.9. The van der Waals surface area contributed by atoms with Crippen molar-refractivity contribution in [1.82, 2.24) is 0 Å². The fourth-order valence-electron chi connectivity index (χ4n) is 6.69. The van der Waals surface area contributed by atoms with Crippen LogP contribution in [0.1, 0.15) is 62.7 Å². The maximum atomic E-state index is 13.3. The molecule has 2 heteroatoms. The number of Topliss-reactive ketones (excluding diaryl/α,β-unsaturated/α-hetero) is 1. The van der Waals surface area contributed by atoms with Crippen LogP contribution in [0.15, 0.2) is 30.3 Å². The van der Waals surface area contributed by atoms with Gasteiger partial charge in [-0.15, -0.1) is 0 Å². The normalized spacial score (nSPS) is 47.6. The maximum absolute atomic E-state index is 13.3. The summed E-state index contributed by atoms with van der Waals surface area (Å²) in [5.41, 5.74) is 1.43. The highest BCUT2D eigenvalue weighted by atomic mass is 79.9. The molecule has 0 saturated heterocycles. The van der Waals surface area contributed by atoms with E-state index in [0.717, 1.165) is 24.8 Å². The minimum absolute atomic E-state index is 0.136. The SMILES string of the molecule is CC12CC3(C)CC(Br)(C1)CC(C(=O)c1ccccc1)(C2)C3. The molecule has 0 spiro atoms. The molecule has 0 amide bonds. The summed E-state index contributed by atoms with van der Waals surface area (Å²) in [6.45, 7) is 4.82. The van der Waals surface area contributed by atoms with E-state index in [1.807, 2.05) is 30.3 Å². The summed E-state index contributed by atoms with van der Waals surface area (Å²) in [6.07, 6.45) is 6.95. The first kappa shape index (κ1) is 14.0. The average molecular weight is 347 g/mol. The molecule has 21 heavy (non-hydrogen) atoms. The lowest BCUT2D eigenvalue weighted by Crippen LogP contribution is -2.62. The Bertz CT molecular complexity index is 552. The van der Waals surface area contributed by atoms with Gasteiger partial charge >= 0.3 is 0 Å². The second kappa shape index (κ2) is 4.01. The summed E-state index contributed by atoms with van der Waals surface area (Å²) in [6, 6.07) is 9.95. The van der Waals surface area contributed by atoms with Gasteiger partial charge in [0.2, 0.25) is 0 Å². The molecule has 4 fully saturated rings. The van der Waals surface area contributed by atoms with Crippen LogP contribution in [0, 0.1) is 16.2 Å². The van der Waals surface area contributed by atoms with Crippen molar-refractivity contribution in [2.45, 2.75) is 56.7 Å². The van der Waals surface area contributed by atoms with E-state index < -0.39 is 0 Å². The number of hydrogen-bond donors (Lipinski definition) is 0. The molecule has 1 aromatic rings. The minimum Gasteiger partial charge on any atom is -0.294 e. The molecule has 4 bridgehead atoms. The van der Waals surface area contributed by atoms with Crippen LogP contribution in [0.4, 0.5) is 0 Å². The quantitative estimate of drug-likeness (QED) is 0.518. The number of ketones is 1. The van der Waals surface area contributed by atoms with Gasteiger partial charge in [0.1, 0.15) is 0 Å². The Kier molecular flexibility index (Phi) is 2.67. The number of alkyl halides is 1. The first-order valence-electron chi connectivity index (χ1n) is 8.05. The lowest BCUT2D eigenvalue weighted by atomic mass is 9.39. The van der Waals surface area contributed by atoms with Gasteiger partial charge in [0, 0.05) is 15.3 Å². The summed E-state index contributed by atoms with van der Waals surface area (Å²) in [5.74, 6) is 0.392. The van der Waals surface area contributed by atoms with Crippen molar-refractivity contribution in [3.8, 4) is 0 Å². The van der Waals surface area contributed by atoms with Crippen molar-refractivity contribution in [1.29, 1.82) is 0 Å². The molecule has 1 aromatic carbocycles. The number of benzene rings is 1. The molecule has 2 atom stereocenters. The van der Waals surface area contributed by atoms with Crippen molar-refractivity contribution in [2.75, 3.05) is 0 Å². The van der Waals surface area contributed by atoms with E-state index in [1.54, 1.807) is 0 Å². The summed E-state index contributed by atoms with van der Waals surface area (Å²) >= 11 is 4.05. The molecular weight excluding hydrogens is 324 g/mol. The average Bonchev–Trinajstić information content (AvgIpc) is 2.33. The maximum Gasteiger partial charge on any atom is 0.169 e. The predicted octanol–water partition coefficient (Wildman–Crippen LogP) is 5.38. The van der Waals surface area contributed by atoms with Gasteiger partial charge in [0.25, 0.3) is 0 Å². The Morgan fingerprint density at radius 1 is 0.905 bits per heavy atom. The Hall–Kier alpha value is -0.630. The highest BCUT2D eigenvalue weighted by molar-refractivity contribution is 9.10. The molecule has 4 aliphatic carbocycles. The van der Waals surface area contributed by atoms with E-state index in [4.69, 9.17) is 0 Å². The highest BCUT2D eigenvalue weighted by Crippen LogP contribution is 2.73. The van der Waals surface area contributed by atoms with E-state index in [-0.39, 0.29) is 9.74 Å². The molecule has 112 valence electrons. The zero-order valence-corrected chi connectivity index (χ0v) is 14.5. The Balaban J connectivity index is 1.80. The second-order valence-corrected chi connectivity index (χ2v) is 10.5. The van der Waals surface area contributed by atoms with Crippen molar-refractivity contribution >= 4 is 21.7 Å². The fraction of sp³-hybridized carbons (Fsp3) is 0.632. The van der Waals surface area contributed by atoms with Crippen LogP contribution in [0.25, 0.3) is 0 Å². The zero-order chi connectivity index (χ0) is 14.9. The molecule has 4 aliphatic rings. The summed E-state index contributed by atoms with van der Waals surface area (Å²) < 4.78 is 0.190. The molecule has 0 radical (unpaired) electrons. The van der Waals surface area contributed by atoms with E-state index in [1.165, 1.54) is 19.3 Å². The lowest BCUT2D eigenvalue weighted by Gasteiger charge is -2.67. The summed E-state index contributed by atoms with van der Waals surface area (Å²) in [7, 11) is 0. The van der Waals surface area contributed by atoms with E-state index in [0.29, 0.717) is 16.6 Å². The van der Waals surface area contributed by atoms with Crippen LogP contribution in [-0.2, 0) is 0 Å². The van der Waals surface area contributed by atoms with Gasteiger partial charge in [-0.05, 0) is 49.4 Å². The van der Waals surface area contributed by atoms with Crippen LogP contribution in [0.2, 0.25) is 0 Å². The number of carbonyl (C=O) groups excluding carboxylic acids is 1. The third kappa shape index (κ3) is 2.05.